The Bertz CT molecular complexity index is 449. The van der Waals surface area contributed by atoms with E-state index in [-0.39, 0.29) is 5.91 Å². The number of carbonyl (C=O) groups is 1. The molecule has 1 amide bonds. The van der Waals surface area contributed by atoms with Gasteiger partial charge in [-0.05, 0) is 52.2 Å². The third-order valence-electron chi connectivity index (χ3n) is 3.02. The Balaban J connectivity index is 2.76. The lowest BCUT2D eigenvalue weighted by atomic mass is 10.1. The van der Waals surface area contributed by atoms with Crippen LogP contribution in [0.1, 0.15) is 23.7 Å². The summed E-state index contributed by atoms with van der Waals surface area (Å²) in [5.41, 5.74) is 1.47. The Morgan fingerprint density at radius 2 is 1.95 bits per heavy atom. The number of hydrogen-bond donors (Lipinski definition) is 1. The molecule has 0 spiro atoms. The van der Waals surface area contributed by atoms with E-state index in [2.05, 4.69) is 10.2 Å². The predicted molar refractivity (Wildman–Crippen MR) is 85.7 cm³/mol. The van der Waals surface area contributed by atoms with Crippen molar-refractivity contribution in [2.75, 3.05) is 46.1 Å². The van der Waals surface area contributed by atoms with Gasteiger partial charge in [0.1, 0.15) is 0 Å². The zero-order valence-corrected chi connectivity index (χ0v) is 13.5. The van der Waals surface area contributed by atoms with Crippen LogP contribution in [0.3, 0.4) is 0 Å². The number of hydrogen-bond acceptors (Lipinski definition) is 3. The molecule has 5 heteroatoms. The fourth-order valence-electron chi connectivity index (χ4n) is 1.97. The number of halogens is 1. The van der Waals surface area contributed by atoms with Crippen LogP contribution in [0.5, 0.6) is 0 Å². The molecule has 1 rings (SSSR count). The molecule has 0 bridgehead atoms. The smallest absolute Gasteiger partial charge is 0.255 e. The molecule has 0 aliphatic carbocycles. The van der Waals surface area contributed by atoms with E-state index in [0.29, 0.717) is 10.6 Å². The lowest BCUT2D eigenvalue weighted by molar-refractivity contribution is 0.0791. The van der Waals surface area contributed by atoms with Crippen molar-refractivity contribution in [1.82, 2.24) is 9.80 Å². The van der Waals surface area contributed by atoms with Gasteiger partial charge < -0.3 is 15.1 Å². The van der Waals surface area contributed by atoms with Gasteiger partial charge in [-0.1, -0.05) is 11.6 Å². The van der Waals surface area contributed by atoms with E-state index in [1.165, 1.54) is 0 Å². The maximum absolute atomic E-state index is 12.5. The second-order valence-electron chi connectivity index (χ2n) is 5.10. The van der Waals surface area contributed by atoms with E-state index in [1.54, 1.807) is 17.0 Å². The van der Waals surface area contributed by atoms with Crippen LogP contribution in [-0.4, -0.2) is 56.5 Å². The number of rotatable bonds is 7. The number of benzene rings is 1. The van der Waals surface area contributed by atoms with Gasteiger partial charge in [0.05, 0.1) is 5.56 Å². The minimum absolute atomic E-state index is 0.00204. The zero-order chi connectivity index (χ0) is 15.1. The van der Waals surface area contributed by atoms with Crippen molar-refractivity contribution >= 4 is 23.2 Å². The molecule has 1 aromatic rings. The summed E-state index contributed by atoms with van der Waals surface area (Å²) in [6.45, 7) is 4.47. The van der Waals surface area contributed by atoms with Gasteiger partial charge in [-0.2, -0.15) is 0 Å². The Labute approximate surface area is 126 Å². The van der Waals surface area contributed by atoms with Crippen molar-refractivity contribution in [3.63, 3.8) is 0 Å². The van der Waals surface area contributed by atoms with Crippen LogP contribution in [0, 0.1) is 0 Å². The lowest BCUT2D eigenvalue weighted by Gasteiger charge is -2.20. The van der Waals surface area contributed by atoms with Crippen LogP contribution in [-0.2, 0) is 0 Å². The Hall–Kier alpha value is -1.26. The molecule has 1 aromatic carbocycles. The number of nitrogens with zero attached hydrogens (tertiary/aromatic N) is 2. The first-order chi connectivity index (χ1) is 9.45. The van der Waals surface area contributed by atoms with E-state index in [4.69, 9.17) is 11.6 Å². The first-order valence-electron chi connectivity index (χ1n) is 6.89. The summed E-state index contributed by atoms with van der Waals surface area (Å²) in [6.07, 6.45) is 0.951. The molecule has 0 aliphatic rings. The average molecular weight is 298 g/mol. The van der Waals surface area contributed by atoms with Crippen LogP contribution >= 0.6 is 11.6 Å². The van der Waals surface area contributed by atoms with Gasteiger partial charge in [-0.15, -0.1) is 0 Å². The molecular formula is C15H24ClN3O. The third-order valence-corrected chi connectivity index (χ3v) is 3.26. The molecule has 0 saturated carbocycles. The standard InChI is InChI=1S/C15H24ClN3O/c1-5-17-14-8-7-12(16)11-13(14)15(20)19(4)10-6-9-18(2)3/h7-8,11,17H,5-6,9-10H2,1-4H3. The summed E-state index contributed by atoms with van der Waals surface area (Å²) in [5.74, 6) is 0.00204. The van der Waals surface area contributed by atoms with Crippen molar-refractivity contribution < 1.29 is 4.79 Å². The monoisotopic (exact) mass is 297 g/mol. The highest BCUT2D eigenvalue weighted by Gasteiger charge is 2.16. The van der Waals surface area contributed by atoms with E-state index >= 15 is 0 Å². The van der Waals surface area contributed by atoms with E-state index in [0.717, 1.165) is 31.7 Å². The third kappa shape index (κ3) is 5.02. The highest BCUT2D eigenvalue weighted by Crippen LogP contribution is 2.22. The molecule has 20 heavy (non-hydrogen) atoms. The second kappa shape index (κ2) is 8.12. The topological polar surface area (TPSA) is 35.6 Å². The summed E-state index contributed by atoms with van der Waals surface area (Å²) >= 11 is 6.01. The number of nitrogens with one attached hydrogen (secondary N) is 1. The highest BCUT2D eigenvalue weighted by atomic mass is 35.5. The molecule has 0 fully saturated rings. The minimum Gasteiger partial charge on any atom is -0.385 e. The van der Waals surface area contributed by atoms with Crippen LogP contribution in [0.4, 0.5) is 5.69 Å². The minimum atomic E-state index is 0.00204. The fourth-order valence-corrected chi connectivity index (χ4v) is 2.14. The number of anilines is 1. The van der Waals surface area contributed by atoms with Crippen LogP contribution < -0.4 is 5.32 Å². The van der Waals surface area contributed by atoms with Gasteiger partial charge in [0.15, 0.2) is 0 Å². The summed E-state index contributed by atoms with van der Waals surface area (Å²) in [6, 6.07) is 5.37. The van der Waals surface area contributed by atoms with Gasteiger partial charge in [0, 0.05) is 30.8 Å². The zero-order valence-electron chi connectivity index (χ0n) is 12.7. The molecular weight excluding hydrogens is 274 g/mol. The Morgan fingerprint density at radius 3 is 2.55 bits per heavy atom. The largest absolute Gasteiger partial charge is 0.385 e. The molecule has 0 unspecified atom stereocenters. The maximum Gasteiger partial charge on any atom is 0.255 e. The molecule has 1 N–H and O–H groups in total. The van der Waals surface area contributed by atoms with E-state index < -0.39 is 0 Å². The maximum atomic E-state index is 12.5. The van der Waals surface area contributed by atoms with Crippen molar-refractivity contribution in [3.05, 3.63) is 28.8 Å². The summed E-state index contributed by atoms with van der Waals surface area (Å²) in [5, 5.41) is 3.78. The second-order valence-corrected chi connectivity index (χ2v) is 5.54. The molecule has 4 nitrogen and oxygen atoms in total. The average Bonchev–Trinajstić information content (AvgIpc) is 2.39. The van der Waals surface area contributed by atoms with Gasteiger partial charge in [-0.3, -0.25) is 4.79 Å². The molecule has 0 aliphatic heterocycles. The Morgan fingerprint density at radius 1 is 1.25 bits per heavy atom. The van der Waals surface area contributed by atoms with Gasteiger partial charge >= 0.3 is 0 Å². The van der Waals surface area contributed by atoms with Gasteiger partial charge in [0.2, 0.25) is 0 Å². The number of carbonyl (C=O) groups excluding carboxylic acids is 1. The molecule has 0 atom stereocenters. The summed E-state index contributed by atoms with van der Waals surface area (Å²) in [4.78, 5) is 16.3. The summed E-state index contributed by atoms with van der Waals surface area (Å²) < 4.78 is 0. The van der Waals surface area contributed by atoms with Gasteiger partial charge in [0.25, 0.3) is 5.91 Å². The van der Waals surface area contributed by atoms with Crippen molar-refractivity contribution in [2.24, 2.45) is 0 Å². The van der Waals surface area contributed by atoms with Crippen molar-refractivity contribution in [2.45, 2.75) is 13.3 Å². The first kappa shape index (κ1) is 16.8. The number of amides is 1. The van der Waals surface area contributed by atoms with Gasteiger partial charge in [-0.25, -0.2) is 0 Å². The van der Waals surface area contributed by atoms with Crippen LogP contribution in [0.25, 0.3) is 0 Å². The highest BCUT2D eigenvalue weighted by molar-refractivity contribution is 6.31. The van der Waals surface area contributed by atoms with E-state index in [1.807, 2.05) is 34.1 Å². The normalized spacial score (nSPS) is 10.7. The van der Waals surface area contributed by atoms with Crippen molar-refractivity contribution in [3.8, 4) is 0 Å². The van der Waals surface area contributed by atoms with Crippen LogP contribution in [0.2, 0.25) is 5.02 Å². The van der Waals surface area contributed by atoms with Crippen LogP contribution in [0.15, 0.2) is 18.2 Å². The molecule has 0 saturated heterocycles. The predicted octanol–water partition coefficient (Wildman–Crippen LogP) is 2.80. The summed E-state index contributed by atoms with van der Waals surface area (Å²) in [7, 11) is 5.89. The quantitative estimate of drug-likeness (QED) is 0.840. The molecule has 0 aromatic heterocycles. The Kier molecular flexibility index (Phi) is 6.82. The van der Waals surface area contributed by atoms with E-state index in [9.17, 15) is 4.79 Å². The molecule has 112 valence electrons. The van der Waals surface area contributed by atoms with Crippen molar-refractivity contribution in [1.29, 1.82) is 0 Å². The molecule has 0 radical (unpaired) electrons. The molecule has 0 heterocycles. The fraction of sp³-hybridized carbons (Fsp3) is 0.533. The first-order valence-corrected chi connectivity index (χ1v) is 7.27. The SMILES string of the molecule is CCNc1ccc(Cl)cc1C(=O)N(C)CCCN(C)C. The lowest BCUT2D eigenvalue weighted by Crippen LogP contribution is -2.30.